The van der Waals surface area contributed by atoms with Crippen LogP contribution in [0.2, 0.25) is 0 Å². The van der Waals surface area contributed by atoms with Crippen LogP contribution in [0.5, 0.6) is 0 Å². The first-order valence-electron chi connectivity index (χ1n) is 4.61. The molecule has 11 heavy (non-hydrogen) atoms. The summed E-state index contributed by atoms with van der Waals surface area (Å²) < 4.78 is 0. The highest BCUT2D eigenvalue weighted by Crippen LogP contribution is 2.03. The van der Waals surface area contributed by atoms with Crippen LogP contribution >= 0.6 is 0 Å². The Morgan fingerprint density at radius 3 is 3.09 bits per heavy atom. The molecule has 1 unspecified atom stereocenters. The summed E-state index contributed by atoms with van der Waals surface area (Å²) in [6.45, 7) is 10.6. The highest BCUT2D eigenvalue weighted by Gasteiger charge is 2.16. The standard InChI is InChI=1S/C9H19N2/c1-3-5-9-8-11(4-2)7-6-10-9/h9-10H,2-8H2,1H3. The summed E-state index contributed by atoms with van der Waals surface area (Å²) in [5, 5.41) is 3.51. The second-order valence-electron chi connectivity index (χ2n) is 3.24. The monoisotopic (exact) mass is 155 g/mol. The molecule has 0 spiro atoms. The van der Waals surface area contributed by atoms with Crippen LogP contribution in [-0.2, 0) is 0 Å². The molecule has 0 aromatic rings. The lowest BCUT2D eigenvalue weighted by Gasteiger charge is -2.32. The molecule has 2 heteroatoms. The Labute approximate surface area is 70.0 Å². The molecule has 1 aliphatic heterocycles. The van der Waals surface area contributed by atoms with E-state index in [2.05, 4.69) is 24.1 Å². The molecular formula is C9H19N2. The van der Waals surface area contributed by atoms with Gasteiger partial charge >= 0.3 is 0 Å². The van der Waals surface area contributed by atoms with Gasteiger partial charge in [-0.3, -0.25) is 0 Å². The van der Waals surface area contributed by atoms with Gasteiger partial charge in [0.1, 0.15) is 0 Å². The minimum atomic E-state index is 0.718. The lowest BCUT2D eigenvalue weighted by molar-refractivity contribution is 0.210. The summed E-state index contributed by atoms with van der Waals surface area (Å²) in [7, 11) is 0. The zero-order chi connectivity index (χ0) is 8.10. The average molecular weight is 155 g/mol. The van der Waals surface area contributed by atoms with Crippen LogP contribution in [0.4, 0.5) is 0 Å². The largest absolute Gasteiger partial charge is 0.311 e. The summed E-state index contributed by atoms with van der Waals surface area (Å²) >= 11 is 0. The smallest absolute Gasteiger partial charge is 0.0195 e. The molecule has 1 atom stereocenters. The zero-order valence-electron chi connectivity index (χ0n) is 7.47. The van der Waals surface area contributed by atoms with E-state index in [4.69, 9.17) is 0 Å². The van der Waals surface area contributed by atoms with Crippen molar-refractivity contribution < 1.29 is 0 Å². The molecule has 1 N–H and O–H groups in total. The van der Waals surface area contributed by atoms with Crippen molar-refractivity contribution in [2.45, 2.75) is 25.8 Å². The van der Waals surface area contributed by atoms with Crippen molar-refractivity contribution >= 4 is 0 Å². The van der Waals surface area contributed by atoms with Gasteiger partial charge in [0.05, 0.1) is 0 Å². The Balaban J connectivity index is 2.21. The van der Waals surface area contributed by atoms with E-state index >= 15 is 0 Å². The van der Waals surface area contributed by atoms with E-state index in [0.717, 1.165) is 19.1 Å². The quantitative estimate of drug-likeness (QED) is 0.651. The van der Waals surface area contributed by atoms with E-state index in [1.54, 1.807) is 0 Å². The van der Waals surface area contributed by atoms with Gasteiger partial charge in [0.15, 0.2) is 0 Å². The fourth-order valence-corrected chi connectivity index (χ4v) is 1.64. The van der Waals surface area contributed by atoms with Crippen molar-refractivity contribution in [2.24, 2.45) is 0 Å². The number of hydrogen-bond donors (Lipinski definition) is 1. The Kier molecular flexibility index (Phi) is 3.87. The number of nitrogens with zero attached hydrogens (tertiary/aromatic N) is 1. The SMILES string of the molecule is [CH2]CN1CCNC(CCC)C1. The Morgan fingerprint density at radius 1 is 1.64 bits per heavy atom. The molecule has 1 rings (SSSR count). The lowest BCUT2D eigenvalue weighted by atomic mass is 10.1. The predicted octanol–water partition coefficient (Wildman–Crippen LogP) is 0.894. The van der Waals surface area contributed by atoms with Crippen LogP contribution < -0.4 is 5.32 Å². The zero-order valence-corrected chi connectivity index (χ0v) is 7.47. The molecule has 1 aliphatic rings. The number of nitrogens with one attached hydrogen (secondary N) is 1. The third-order valence-electron chi connectivity index (χ3n) is 2.29. The summed E-state index contributed by atoms with van der Waals surface area (Å²) in [6.07, 6.45) is 2.58. The van der Waals surface area contributed by atoms with E-state index in [1.165, 1.54) is 25.9 Å². The third kappa shape index (κ3) is 2.80. The Hall–Kier alpha value is -0.0800. The van der Waals surface area contributed by atoms with Crippen molar-refractivity contribution in [1.29, 1.82) is 0 Å². The molecule has 0 aliphatic carbocycles. The third-order valence-corrected chi connectivity index (χ3v) is 2.29. The number of hydrogen-bond acceptors (Lipinski definition) is 2. The molecule has 1 fully saturated rings. The minimum absolute atomic E-state index is 0.718. The fraction of sp³-hybridized carbons (Fsp3) is 0.889. The van der Waals surface area contributed by atoms with Gasteiger partial charge in [-0.15, -0.1) is 0 Å². The first-order valence-corrected chi connectivity index (χ1v) is 4.61. The number of piperazine rings is 1. The van der Waals surface area contributed by atoms with Crippen molar-refractivity contribution in [3.63, 3.8) is 0 Å². The van der Waals surface area contributed by atoms with Crippen LogP contribution in [0, 0.1) is 6.92 Å². The van der Waals surface area contributed by atoms with Gasteiger partial charge in [0, 0.05) is 25.7 Å². The van der Waals surface area contributed by atoms with Crippen molar-refractivity contribution in [1.82, 2.24) is 10.2 Å². The van der Waals surface area contributed by atoms with Crippen molar-refractivity contribution in [2.75, 3.05) is 26.2 Å². The summed E-state index contributed by atoms with van der Waals surface area (Å²) in [6, 6.07) is 0.718. The molecule has 65 valence electrons. The van der Waals surface area contributed by atoms with Gasteiger partial charge in [0.2, 0.25) is 0 Å². The molecular weight excluding hydrogens is 136 g/mol. The maximum Gasteiger partial charge on any atom is 0.0195 e. The molecule has 2 nitrogen and oxygen atoms in total. The Bertz CT molecular complexity index is 102. The van der Waals surface area contributed by atoms with E-state index < -0.39 is 0 Å². The van der Waals surface area contributed by atoms with Crippen LogP contribution in [-0.4, -0.2) is 37.1 Å². The molecule has 0 aromatic carbocycles. The number of rotatable bonds is 3. The van der Waals surface area contributed by atoms with E-state index in [9.17, 15) is 0 Å². The maximum absolute atomic E-state index is 3.90. The molecule has 1 saturated heterocycles. The van der Waals surface area contributed by atoms with Gasteiger partial charge in [-0.2, -0.15) is 0 Å². The minimum Gasteiger partial charge on any atom is -0.311 e. The van der Waals surface area contributed by atoms with E-state index in [0.29, 0.717) is 0 Å². The molecule has 0 aromatic heterocycles. The normalized spacial score (nSPS) is 27.3. The lowest BCUT2D eigenvalue weighted by Crippen LogP contribution is -2.50. The van der Waals surface area contributed by atoms with Gasteiger partial charge in [0.25, 0.3) is 0 Å². The van der Waals surface area contributed by atoms with E-state index in [-0.39, 0.29) is 0 Å². The van der Waals surface area contributed by atoms with Gasteiger partial charge < -0.3 is 10.2 Å². The molecule has 0 amide bonds. The summed E-state index contributed by atoms with van der Waals surface area (Å²) in [5.41, 5.74) is 0. The summed E-state index contributed by atoms with van der Waals surface area (Å²) in [4.78, 5) is 2.41. The van der Waals surface area contributed by atoms with Crippen LogP contribution in [0.3, 0.4) is 0 Å². The average Bonchev–Trinajstić information content (AvgIpc) is 2.06. The second-order valence-corrected chi connectivity index (χ2v) is 3.24. The summed E-state index contributed by atoms with van der Waals surface area (Å²) in [5.74, 6) is 0. The highest BCUT2D eigenvalue weighted by molar-refractivity contribution is 4.78. The van der Waals surface area contributed by atoms with Gasteiger partial charge in [-0.1, -0.05) is 13.3 Å². The maximum atomic E-state index is 3.90. The highest BCUT2D eigenvalue weighted by atomic mass is 15.2. The predicted molar refractivity (Wildman–Crippen MR) is 48.5 cm³/mol. The second kappa shape index (κ2) is 4.73. The van der Waals surface area contributed by atoms with Crippen LogP contribution in [0.25, 0.3) is 0 Å². The first-order chi connectivity index (χ1) is 5.36. The van der Waals surface area contributed by atoms with E-state index in [1.807, 2.05) is 0 Å². The fourth-order valence-electron chi connectivity index (χ4n) is 1.64. The molecule has 1 heterocycles. The van der Waals surface area contributed by atoms with Gasteiger partial charge in [-0.05, 0) is 19.9 Å². The van der Waals surface area contributed by atoms with Crippen LogP contribution in [0.1, 0.15) is 19.8 Å². The van der Waals surface area contributed by atoms with Gasteiger partial charge in [-0.25, -0.2) is 0 Å². The molecule has 0 saturated carbocycles. The Morgan fingerprint density at radius 2 is 2.45 bits per heavy atom. The van der Waals surface area contributed by atoms with Crippen molar-refractivity contribution in [3.8, 4) is 0 Å². The topological polar surface area (TPSA) is 15.3 Å². The molecule has 0 bridgehead atoms. The first kappa shape index (κ1) is 9.01. The van der Waals surface area contributed by atoms with Crippen molar-refractivity contribution in [3.05, 3.63) is 6.92 Å². The van der Waals surface area contributed by atoms with Crippen LogP contribution in [0.15, 0.2) is 0 Å². The molecule has 1 radical (unpaired) electrons.